The quantitative estimate of drug-likeness (QED) is 0.805. The highest BCUT2D eigenvalue weighted by molar-refractivity contribution is 5.41. The van der Waals surface area contributed by atoms with Crippen LogP contribution >= 0.6 is 0 Å². The Kier molecular flexibility index (Phi) is 2.80. The summed E-state index contributed by atoms with van der Waals surface area (Å²) in [6, 6.07) is 0. The lowest BCUT2D eigenvalue weighted by molar-refractivity contribution is -0.0106. The minimum absolute atomic E-state index is 0.129. The molecular formula is C9H14N6O2. The number of nitrogens with zero attached hydrogens (tertiary/aromatic N) is 4. The maximum Gasteiger partial charge on any atom is 0.295 e. The second kappa shape index (κ2) is 4.13. The predicted octanol–water partition coefficient (Wildman–Crippen LogP) is 0.708. The van der Waals surface area contributed by atoms with Crippen LogP contribution in [0.1, 0.15) is 26.1 Å². The van der Waals surface area contributed by atoms with Crippen molar-refractivity contribution in [2.75, 3.05) is 12.8 Å². The van der Waals surface area contributed by atoms with Gasteiger partial charge in [-0.15, -0.1) is 5.10 Å². The van der Waals surface area contributed by atoms with E-state index in [-0.39, 0.29) is 11.8 Å². The van der Waals surface area contributed by atoms with Crippen LogP contribution in [0, 0.1) is 0 Å². The second-order valence-electron chi connectivity index (χ2n) is 3.75. The van der Waals surface area contributed by atoms with Crippen molar-refractivity contribution in [3.05, 3.63) is 5.82 Å². The zero-order valence-corrected chi connectivity index (χ0v) is 9.89. The van der Waals surface area contributed by atoms with Gasteiger partial charge in [0.05, 0.1) is 0 Å². The Morgan fingerprint density at radius 2 is 2.24 bits per heavy atom. The molecule has 0 fully saturated rings. The van der Waals surface area contributed by atoms with Crippen molar-refractivity contribution in [3.63, 3.8) is 0 Å². The molecule has 0 aliphatic rings. The molecule has 0 saturated carbocycles. The predicted molar refractivity (Wildman–Crippen MR) is 58.7 cm³/mol. The average molecular weight is 238 g/mol. The SMILES string of the molecule is CCC(C)(OC)c1noc(-c2nc(N)n[nH]2)n1. The van der Waals surface area contributed by atoms with Crippen molar-refractivity contribution in [1.29, 1.82) is 0 Å². The van der Waals surface area contributed by atoms with E-state index in [2.05, 4.69) is 25.3 Å². The highest BCUT2D eigenvalue weighted by Crippen LogP contribution is 2.26. The summed E-state index contributed by atoms with van der Waals surface area (Å²) in [5.74, 6) is 1.17. The topological polar surface area (TPSA) is 116 Å². The van der Waals surface area contributed by atoms with Gasteiger partial charge in [0.2, 0.25) is 17.6 Å². The molecule has 0 saturated heterocycles. The molecule has 0 aliphatic heterocycles. The first-order valence-corrected chi connectivity index (χ1v) is 5.16. The Labute approximate surface area is 97.6 Å². The smallest absolute Gasteiger partial charge is 0.295 e. The molecule has 1 unspecified atom stereocenters. The van der Waals surface area contributed by atoms with Crippen LogP contribution in [0.4, 0.5) is 5.95 Å². The van der Waals surface area contributed by atoms with Gasteiger partial charge in [0.25, 0.3) is 5.89 Å². The molecule has 92 valence electrons. The van der Waals surface area contributed by atoms with E-state index in [1.54, 1.807) is 7.11 Å². The fourth-order valence-electron chi connectivity index (χ4n) is 1.30. The first-order chi connectivity index (χ1) is 8.09. The van der Waals surface area contributed by atoms with Crippen molar-refractivity contribution < 1.29 is 9.26 Å². The Balaban J connectivity index is 2.33. The van der Waals surface area contributed by atoms with Crippen LogP contribution in [-0.4, -0.2) is 32.4 Å². The summed E-state index contributed by atoms with van der Waals surface area (Å²) in [6.07, 6.45) is 0.723. The van der Waals surface area contributed by atoms with E-state index in [9.17, 15) is 0 Å². The molecule has 2 aromatic heterocycles. The van der Waals surface area contributed by atoms with Crippen molar-refractivity contribution in [2.45, 2.75) is 25.9 Å². The second-order valence-corrected chi connectivity index (χ2v) is 3.75. The Bertz CT molecular complexity index is 501. The molecule has 8 heteroatoms. The monoisotopic (exact) mass is 238 g/mol. The molecule has 2 rings (SSSR count). The number of ether oxygens (including phenoxy) is 1. The minimum Gasteiger partial charge on any atom is -0.370 e. The maximum absolute atomic E-state index is 5.39. The summed E-state index contributed by atoms with van der Waals surface area (Å²) in [5, 5.41) is 10.2. The molecule has 17 heavy (non-hydrogen) atoms. The first kappa shape index (κ1) is 11.5. The van der Waals surface area contributed by atoms with Gasteiger partial charge in [-0.1, -0.05) is 12.1 Å². The minimum atomic E-state index is -0.576. The number of H-pyrrole nitrogens is 1. The number of nitrogens with two attached hydrogens (primary N) is 1. The fraction of sp³-hybridized carbons (Fsp3) is 0.556. The first-order valence-electron chi connectivity index (χ1n) is 5.16. The normalized spacial score (nSPS) is 14.8. The lowest BCUT2D eigenvalue weighted by Gasteiger charge is -2.21. The number of hydrogen-bond acceptors (Lipinski definition) is 7. The number of nitrogen functional groups attached to an aromatic ring is 1. The van der Waals surface area contributed by atoms with Gasteiger partial charge < -0.3 is 15.0 Å². The van der Waals surface area contributed by atoms with Crippen molar-refractivity contribution in [2.24, 2.45) is 0 Å². The van der Waals surface area contributed by atoms with E-state index in [0.717, 1.165) is 6.42 Å². The molecule has 1 atom stereocenters. The molecule has 0 aromatic carbocycles. The number of aromatic nitrogens is 5. The average Bonchev–Trinajstić information content (AvgIpc) is 2.96. The van der Waals surface area contributed by atoms with Crippen molar-refractivity contribution in [1.82, 2.24) is 25.3 Å². The summed E-state index contributed by atoms with van der Waals surface area (Å²) in [4.78, 5) is 8.12. The molecule has 0 radical (unpaired) electrons. The van der Waals surface area contributed by atoms with Crippen LogP contribution in [0.3, 0.4) is 0 Å². The van der Waals surface area contributed by atoms with Gasteiger partial charge in [0, 0.05) is 7.11 Å². The molecule has 0 amide bonds. The van der Waals surface area contributed by atoms with E-state index in [1.807, 2.05) is 13.8 Å². The van der Waals surface area contributed by atoms with Gasteiger partial charge in [-0.05, 0) is 13.3 Å². The summed E-state index contributed by atoms with van der Waals surface area (Å²) in [6.45, 7) is 3.86. The lowest BCUT2D eigenvalue weighted by Crippen LogP contribution is -2.24. The third-order valence-corrected chi connectivity index (χ3v) is 2.73. The number of anilines is 1. The number of nitrogens with one attached hydrogen (secondary N) is 1. The van der Waals surface area contributed by atoms with Crippen LogP contribution in [0.15, 0.2) is 4.52 Å². The van der Waals surface area contributed by atoms with E-state index in [1.165, 1.54) is 0 Å². The molecule has 0 aliphatic carbocycles. The summed E-state index contributed by atoms with van der Waals surface area (Å²) < 4.78 is 10.5. The zero-order chi connectivity index (χ0) is 12.5. The number of hydrogen-bond donors (Lipinski definition) is 2. The molecular weight excluding hydrogens is 224 g/mol. The molecule has 2 aromatic rings. The van der Waals surface area contributed by atoms with Gasteiger partial charge >= 0.3 is 0 Å². The standard InChI is InChI=1S/C9H14N6O2/c1-4-9(2,16-3)7-12-6(17-15-7)5-11-8(10)14-13-5/h4H2,1-3H3,(H3,10,11,13,14). The van der Waals surface area contributed by atoms with Crippen molar-refractivity contribution >= 4 is 5.95 Å². The van der Waals surface area contributed by atoms with Crippen LogP contribution in [-0.2, 0) is 10.3 Å². The van der Waals surface area contributed by atoms with E-state index in [0.29, 0.717) is 11.6 Å². The Morgan fingerprint density at radius 1 is 1.47 bits per heavy atom. The maximum atomic E-state index is 5.39. The van der Waals surface area contributed by atoms with E-state index >= 15 is 0 Å². The van der Waals surface area contributed by atoms with Gasteiger partial charge in [-0.2, -0.15) is 9.97 Å². The Hall–Kier alpha value is -1.96. The molecule has 0 spiro atoms. The summed E-state index contributed by atoms with van der Waals surface area (Å²) >= 11 is 0. The summed E-state index contributed by atoms with van der Waals surface area (Å²) in [7, 11) is 1.60. The molecule has 0 bridgehead atoms. The van der Waals surface area contributed by atoms with Gasteiger partial charge in [-0.25, -0.2) is 0 Å². The Morgan fingerprint density at radius 3 is 2.76 bits per heavy atom. The van der Waals surface area contributed by atoms with Crippen LogP contribution in [0.2, 0.25) is 0 Å². The summed E-state index contributed by atoms with van der Waals surface area (Å²) in [5.41, 5.74) is 4.82. The van der Waals surface area contributed by atoms with Crippen molar-refractivity contribution in [3.8, 4) is 11.7 Å². The van der Waals surface area contributed by atoms with Gasteiger partial charge in [0.15, 0.2) is 0 Å². The highest BCUT2D eigenvalue weighted by Gasteiger charge is 2.30. The highest BCUT2D eigenvalue weighted by atomic mass is 16.5. The van der Waals surface area contributed by atoms with Crippen LogP contribution in [0.5, 0.6) is 0 Å². The van der Waals surface area contributed by atoms with E-state index in [4.69, 9.17) is 15.0 Å². The number of rotatable bonds is 4. The molecule has 8 nitrogen and oxygen atoms in total. The van der Waals surface area contributed by atoms with Gasteiger partial charge in [0.1, 0.15) is 5.60 Å². The van der Waals surface area contributed by atoms with Crippen LogP contribution < -0.4 is 5.73 Å². The fourth-order valence-corrected chi connectivity index (χ4v) is 1.30. The van der Waals surface area contributed by atoms with Gasteiger partial charge in [-0.3, -0.25) is 5.10 Å². The zero-order valence-electron chi connectivity index (χ0n) is 9.89. The largest absolute Gasteiger partial charge is 0.370 e. The third-order valence-electron chi connectivity index (χ3n) is 2.73. The van der Waals surface area contributed by atoms with E-state index < -0.39 is 5.60 Å². The third kappa shape index (κ3) is 1.98. The molecule has 2 heterocycles. The number of methoxy groups -OCH3 is 1. The number of aromatic amines is 1. The van der Waals surface area contributed by atoms with Crippen LogP contribution in [0.25, 0.3) is 11.7 Å². The lowest BCUT2D eigenvalue weighted by atomic mass is 10.0. The molecule has 3 N–H and O–H groups in total.